The van der Waals surface area contributed by atoms with Gasteiger partial charge in [0.1, 0.15) is 0 Å². The molecule has 0 radical (unpaired) electrons. The molecule has 1 heterocycles. The number of aliphatic carboxylic acids is 1. The second-order valence-electron chi connectivity index (χ2n) is 5.73. The highest BCUT2D eigenvalue weighted by Gasteiger charge is 2.21. The van der Waals surface area contributed by atoms with Crippen LogP contribution < -0.4 is 10.6 Å². The molecular weight excluding hydrogens is 270 g/mol. The summed E-state index contributed by atoms with van der Waals surface area (Å²) >= 11 is 0. The van der Waals surface area contributed by atoms with Gasteiger partial charge in [-0.2, -0.15) is 0 Å². The second kappa shape index (κ2) is 7.06. The molecule has 1 fully saturated rings. The standard InChI is InChI=1S/C15H21N3O3/c1-10-2-3-11(6-10)8-17-15(21)18-13-5-4-12(16-9-13)7-14(19)20/h4-5,9-11H,2-3,6-8H2,1H3,(H,19,20)(H2,17,18,21). The summed E-state index contributed by atoms with van der Waals surface area (Å²) in [5, 5.41) is 14.2. The zero-order chi connectivity index (χ0) is 15.2. The number of carboxylic acids is 1. The summed E-state index contributed by atoms with van der Waals surface area (Å²) in [6, 6.07) is 3.01. The van der Waals surface area contributed by atoms with Crippen LogP contribution in [0.25, 0.3) is 0 Å². The normalized spacial score (nSPS) is 21.0. The van der Waals surface area contributed by atoms with Gasteiger partial charge in [-0.05, 0) is 36.8 Å². The summed E-state index contributed by atoms with van der Waals surface area (Å²) in [5.41, 5.74) is 1.02. The average Bonchev–Trinajstić information content (AvgIpc) is 2.84. The topological polar surface area (TPSA) is 91.3 Å². The van der Waals surface area contributed by atoms with Crippen molar-refractivity contribution in [3.8, 4) is 0 Å². The lowest BCUT2D eigenvalue weighted by molar-refractivity contribution is -0.136. The third-order valence-corrected chi connectivity index (χ3v) is 3.77. The summed E-state index contributed by atoms with van der Waals surface area (Å²) in [6.45, 7) is 2.94. The summed E-state index contributed by atoms with van der Waals surface area (Å²) in [6.07, 6.45) is 4.93. The molecule has 0 spiro atoms. The Morgan fingerprint density at radius 3 is 2.76 bits per heavy atom. The predicted molar refractivity (Wildman–Crippen MR) is 79.1 cm³/mol. The number of amides is 2. The molecule has 2 unspecified atom stereocenters. The van der Waals surface area contributed by atoms with Crippen molar-refractivity contribution in [3.05, 3.63) is 24.0 Å². The minimum atomic E-state index is -0.924. The van der Waals surface area contributed by atoms with Gasteiger partial charge >= 0.3 is 12.0 Å². The van der Waals surface area contributed by atoms with E-state index in [1.165, 1.54) is 25.5 Å². The maximum atomic E-state index is 11.8. The van der Waals surface area contributed by atoms with Gasteiger partial charge < -0.3 is 15.7 Å². The first kappa shape index (κ1) is 15.3. The summed E-state index contributed by atoms with van der Waals surface area (Å²) in [5.74, 6) is 0.402. The first-order valence-corrected chi connectivity index (χ1v) is 7.24. The van der Waals surface area contributed by atoms with Crippen LogP contribution in [0, 0.1) is 11.8 Å². The maximum absolute atomic E-state index is 11.8. The number of rotatable bonds is 5. The SMILES string of the molecule is CC1CCC(CNC(=O)Nc2ccc(CC(=O)O)nc2)C1. The van der Waals surface area contributed by atoms with Crippen LogP contribution in [0.4, 0.5) is 10.5 Å². The molecule has 6 nitrogen and oxygen atoms in total. The number of carboxylic acid groups (broad SMARTS) is 1. The number of carbonyl (C=O) groups is 2. The molecule has 0 aromatic carbocycles. The largest absolute Gasteiger partial charge is 0.481 e. The number of aromatic nitrogens is 1. The Bertz CT molecular complexity index is 501. The highest BCUT2D eigenvalue weighted by atomic mass is 16.4. The van der Waals surface area contributed by atoms with E-state index in [0.29, 0.717) is 23.8 Å². The molecule has 21 heavy (non-hydrogen) atoms. The molecule has 1 aromatic heterocycles. The van der Waals surface area contributed by atoms with Crippen molar-refractivity contribution in [2.75, 3.05) is 11.9 Å². The fraction of sp³-hybridized carbons (Fsp3) is 0.533. The van der Waals surface area contributed by atoms with Crippen LogP contribution >= 0.6 is 0 Å². The van der Waals surface area contributed by atoms with Crippen LogP contribution in [0.5, 0.6) is 0 Å². The molecule has 1 aliphatic carbocycles. The van der Waals surface area contributed by atoms with E-state index < -0.39 is 5.97 Å². The highest BCUT2D eigenvalue weighted by Crippen LogP contribution is 2.29. The summed E-state index contributed by atoms with van der Waals surface area (Å²) in [7, 11) is 0. The van der Waals surface area contributed by atoms with E-state index in [0.717, 1.165) is 5.92 Å². The van der Waals surface area contributed by atoms with Gasteiger partial charge in [0.15, 0.2) is 0 Å². The Balaban J connectivity index is 1.75. The number of hydrogen-bond donors (Lipinski definition) is 3. The van der Waals surface area contributed by atoms with Crippen LogP contribution in [0.15, 0.2) is 18.3 Å². The lowest BCUT2D eigenvalue weighted by atomic mass is 10.1. The Morgan fingerprint density at radius 2 is 2.19 bits per heavy atom. The summed E-state index contributed by atoms with van der Waals surface area (Å²) in [4.78, 5) is 26.3. The van der Waals surface area contributed by atoms with Crippen molar-refractivity contribution in [1.82, 2.24) is 10.3 Å². The number of pyridine rings is 1. The van der Waals surface area contributed by atoms with E-state index >= 15 is 0 Å². The van der Waals surface area contributed by atoms with Crippen molar-refractivity contribution in [1.29, 1.82) is 0 Å². The molecule has 1 aliphatic rings. The smallest absolute Gasteiger partial charge is 0.319 e. The van der Waals surface area contributed by atoms with Gasteiger partial charge in [0.05, 0.1) is 24.0 Å². The quantitative estimate of drug-likeness (QED) is 0.776. The van der Waals surface area contributed by atoms with Crippen molar-refractivity contribution in [3.63, 3.8) is 0 Å². The van der Waals surface area contributed by atoms with Crippen molar-refractivity contribution >= 4 is 17.7 Å². The Hall–Kier alpha value is -2.11. The number of hydrogen-bond acceptors (Lipinski definition) is 3. The first-order chi connectivity index (χ1) is 10.0. The van der Waals surface area contributed by atoms with E-state index in [1.54, 1.807) is 12.1 Å². The number of anilines is 1. The molecule has 3 N–H and O–H groups in total. The molecule has 1 aromatic rings. The van der Waals surface area contributed by atoms with Crippen LogP contribution in [0.1, 0.15) is 31.9 Å². The molecule has 0 saturated heterocycles. The average molecular weight is 291 g/mol. The van der Waals surface area contributed by atoms with Crippen LogP contribution in [0.3, 0.4) is 0 Å². The Morgan fingerprint density at radius 1 is 1.38 bits per heavy atom. The van der Waals surface area contributed by atoms with Gasteiger partial charge in [0.25, 0.3) is 0 Å². The fourth-order valence-corrected chi connectivity index (χ4v) is 2.68. The van der Waals surface area contributed by atoms with Crippen molar-refractivity contribution in [2.45, 2.75) is 32.6 Å². The van der Waals surface area contributed by atoms with Gasteiger partial charge in [-0.15, -0.1) is 0 Å². The molecule has 1 saturated carbocycles. The summed E-state index contributed by atoms with van der Waals surface area (Å²) < 4.78 is 0. The first-order valence-electron chi connectivity index (χ1n) is 7.24. The minimum Gasteiger partial charge on any atom is -0.481 e. The Kier molecular flexibility index (Phi) is 5.14. The van der Waals surface area contributed by atoms with E-state index in [1.807, 2.05) is 0 Å². The highest BCUT2D eigenvalue weighted by molar-refractivity contribution is 5.89. The van der Waals surface area contributed by atoms with E-state index in [-0.39, 0.29) is 12.5 Å². The van der Waals surface area contributed by atoms with Crippen molar-refractivity contribution in [2.24, 2.45) is 11.8 Å². The van der Waals surface area contributed by atoms with Crippen LogP contribution in [0.2, 0.25) is 0 Å². The number of urea groups is 1. The van der Waals surface area contributed by atoms with Gasteiger partial charge in [-0.1, -0.05) is 13.3 Å². The molecule has 0 aliphatic heterocycles. The number of nitrogens with zero attached hydrogens (tertiary/aromatic N) is 1. The van der Waals surface area contributed by atoms with Crippen LogP contribution in [-0.2, 0) is 11.2 Å². The molecule has 6 heteroatoms. The molecule has 2 amide bonds. The third-order valence-electron chi connectivity index (χ3n) is 3.77. The van der Waals surface area contributed by atoms with Crippen LogP contribution in [-0.4, -0.2) is 28.6 Å². The van der Waals surface area contributed by atoms with Crippen molar-refractivity contribution < 1.29 is 14.7 Å². The van der Waals surface area contributed by atoms with Gasteiger partial charge in [-0.3, -0.25) is 9.78 Å². The lowest BCUT2D eigenvalue weighted by Crippen LogP contribution is -2.32. The van der Waals surface area contributed by atoms with Gasteiger partial charge in [-0.25, -0.2) is 4.79 Å². The third kappa shape index (κ3) is 5.06. The molecule has 114 valence electrons. The van der Waals surface area contributed by atoms with E-state index in [2.05, 4.69) is 22.5 Å². The molecule has 2 atom stereocenters. The number of nitrogens with one attached hydrogen (secondary N) is 2. The van der Waals surface area contributed by atoms with Gasteiger partial charge in [0, 0.05) is 6.54 Å². The van der Waals surface area contributed by atoms with Gasteiger partial charge in [0.2, 0.25) is 0 Å². The second-order valence-corrected chi connectivity index (χ2v) is 5.73. The predicted octanol–water partition coefficient (Wildman–Crippen LogP) is 2.27. The zero-order valence-corrected chi connectivity index (χ0v) is 12.1. The number of carbonyl (C=O) groups excluding carboxylic acids is 1. The fourth-order valence-electron chi connectivity index (χ4n) is 2.68. The minimum absolute atomic E-state index is 0.119. The van der Waals surface area contributed by atoms with E-state index in [9.17, 15) is 9.59 Å². The van der Waals surface area contributed by atoms with E-state index in [4.69, 9.17) is 5.11 Å². The lowest BCUT2D eigenvalue weighted by Gasteiger charge is -2.12. The maximum Gasteiger partial charge on any atom is 0.319 e. The molecular formula is C15H21N3O3. The molecule has 2 rings (SSSR count). The molecule has 0 bridgehead atoms. The Labute approximate surface area is 124 Å². The monoisotopic (exact) mass is 291 g/mol. The zero-order valence-electron chi connectivity index (χ0n) is 12.1.